The van der Waals surface area contributed by atoms with E-state index < -0.39 is 6.10 Å². The highest BCUT2D eigenvalue weighted by atomic mass is 16.3. The number of hydrogen-bond acceptors (Lipinski definition) is 3. The van der Waals surface area contributed by atoms with Crippen LogP contribution in [0.3, 0.4) is 0 Å². The maximum atomic E-state index is 12.4. The maximum absolute atomic E-state index is 12.4. The fourth-order valence-corrected chi connectivity index (χ4v) is 2.82. The summed E-state index contributed by atoms with van der Waals surface area (Å²) in [6, 6.07) is 4.00. The van der Waals surface area contributed by atoms with Gasteiger partial charge in [0, 0.05) is 38.6 Å². The van der Waals surface area contributed by atoms with Crippen LogP contribution in [0, 0.1) is 19.8 Å². The molecule has 0 spiro atoms. The van der Waals surface area contributed by atoms with Gasteiger partial charge in [-0.1, -0.05) is 6.92 Å². The summed E-state index contributed by atoms with van der Waals surface area (Å²) in [7, 11) is 4.01. The first-order chi connectivity index (χ1) is 10.3. The number of nitrogens with zero attached hydrogens (tertiary/aromatic N) is 2. The summed E-state index contributed by atoms with van der Waals surface area (Å²) in [5, 5.41) is 12.9. The first kappa shape index (κ1) is 16.6. The molecule has 5 nitrogen and oxygen atoms in total. The molecular formula is C17H27N3O2. The van der Waals surface area contributed by atoms with Gasteiger partial charge in [0.15, 0.2) is 0 Å². The van der Waals surface area contributed by atoms with Gasteiger partial charge in [-0.3, -0.25) is 0 Å². The van der Waals surface area contributed by atoms with Crippen molar-refractivity contribution in [1.29, 1.82) is 0 Å². The number of aryl methyl sites for hydroxylation is 2. The molecule has 1 aromatic carbocycles. The number of nitrogens with one attached hydrogen (secondary N) is 1. The average molecular weight is 305 g/mol. The zero-order valence-electron chi connectivity index (χ0n) is 14.2. The number of rotatable bonds is 2. The molecule has 0 aliphatic carbocycles. The van der Waals surface area contributed by atoms with Crippen molar-refractivity contribution in [2.75, 3.05) is 37.4 Å². The number of aliphatic hydroxyl groups is 1. The first-order valence-electron chi connectivity index (χ1n) is 7.82. The average Bonchev–Trinajstić information content (AvgIpc) is 2.45. The minimum absolute atomic E-state index is 0.130. The van der Waals surface area contributed by atoms with Gasteiger partial charge < -0.3 is 20.2 Å². The number of hydrogen-bond donors (Lipinski definition) is 2. The van der Waals surface area contributed by atoms with E-state index in [2.05, 4.69) is 17.4 Å². The number of carbonyl (C=O) groups excluding carboxylic acids is 1. The summed E-state index contributed by atoms with van der Waals surface area (Å²) < 4.78 is 0. The minimum atomic E-state index is -0.433. The molecule has 2 rings (SSSR count). The van der Waals surface area contributed by atoms with E-state index in [0.29, 0.717) is 13.1 Å². The predicted octanol–water partition coefficient (Wildman–Crippen LogP) is 2.60. The van der Waals surface area contributed by atoms with Gasteiger partial charge in [-0.15, -0.1) is 0 Å². The molecule has 1 aliphatic rings. The third-order valence-corrected chi connectivity index (χ3v) is 4.47. The van der Waals surface area contributed by atoms with Crippen LogP contribution in [0.4, 0.5) is 16.2 Å². The Morgan fingerprint density at radius 1 is 1.32 bits per heavy atom. The molecule has 2 amide bonds. The molecule has 2 N–H and O–H groups in total. The minimum Gasteiger partial charge on any atom is -0.391 e. The molecule has 2 unspecified atom stereocenters. The summed E-state index contributed by atoms with van der Waals surface area (Å²) in [6.07, 6.45) is 0.407. The number of amides is 2. The van der Waals surface area contributed by atoms with Crippen molar-refractivity contribution in [1.82, 2.24) is 4.90 Å². The molecule has 1 aliphatic heterocycles. The Morgan fingerprint density at radius 3 is 2.41 bits per heavy atom. The Bertz CT molecular complexity index is 534. The number of urea groups is 1. The van der Waals surface area contributed by atoms with Gasteiger partial charge in [-0.2, -0.15) is 0 Å². The Balaban J connectivity index is 2.12. The van der Waals surface area contributed by atoms with Crippen LogP contribution in [-0.2, 0) is 0 Å². The largest absolute Gasteiger partial charge is 0.391 e. The third kappa shape index (κ3) is 3.53. The molecular weight excluding hydrogens is 278 g/mol. The molecule has 22 heavy (non-hydrogen) atoms. The molecule has 0 aromatic heterocycles. The normalized spacial score (nSPS) is 21.6. The standard InChI is InChI=1S/C17H27N3O2/c1-11-6-7-20(10-15(11)21)17(22)18-16-12(2)8-14(19(4)5)9-13(16)3/h8-9,11,15,21H,6-7,10H2,1-5H3,(H,18,22). The van der Waals surface area contributed by atoms with Crippen LogP contribution < -0.4 is 10.2 Å². The number of piperidine rings is 1. The second-order valence-electron chi connectivity index (χ2n) is 6.56. The van der Waals surface area contributed by atoms with Gasteiger partial charge >= 0.3 is 6.03 Å². The lowest BCUT2D eigenvalue weighted by Crippen LogP contribution is -2.47. The first-order valence-corrected chi connectivity index (χ1v) is 7.82. The molecule has 1 aromatic rings. The van der Waals surface area contributed by atoms with Gasteiger partial charge in [-0.05, 0) is 49.4 Å². The van der Waals surface area contributed by atoms with Crippen LogP contribution in [0.25, 0.3) is 0 Å². The Labute approximate surface area is 132 Å². The van der Waals surface area contributed by atoms with E-state index in [9.17, 15) is 9.90 Å². The Kier molecular flexibility index (Phi) is 4.96. The van der Waals surface area contributed by atoms with Gasteiger partial charge in [-0.25, -0.2) is 4.79 Å². The highest BCUT2D eigenvalue weighted by molar-refractivity contribution is 5.91. The van der Waals surface area contributed by atoms with Crippen LogP contribution in [0.15, 0.2) is 12.1 Å². The van der Waals surface area contributed by atoms with Crippen LogP contribution in [0.5, 0.6) is 0 Å². The van der Waals surface area contributed by atoms with Crippen molar-refractivity contribution in [3.8, 4) is 0 Å². The molecule has 1 heterocycles. The fourth-order valence-electron chi connectivity index (χ4n) is 2.82. The number of aliphatic hydroxyl groups excluding tert-OH is 1. The van der Waals surface area contributed by atoms with Crippen LogP contribution in [0.2, 0.25) is 0 Å². The monoisotopic (exact) mass is 305 g/mol. The van der Waals surface area contributed by atoms with Crippen LogP contribution in [-0.4, -0.2) is 49.3 Å². The summed E-state index contributed by atoms with van der Waals surface area (Å²) in [6.45, 7) is 7.12. The second-order valence-corrected chi connectivity index (χ2v) is 6.56. The number of anilines is 2. The van der Waals surface area contributed by atoms with Gasteiger partial charge in [0.2, 0.25) is 0 Å². The lowest BCUT2D eigenvalue weighted by Gasteiger charge is -2.34. The Morgan fingerprint density at radius 2 is 1.91 bits per heavy atom. The summed E-state index contributed by atoms with van der Waals surface area (Å²) in [5.74, 6) is 0.256. The molecule has 1 fully saturated rings. The molecule has 0 radical (unpaired) electrons. The number of benzene rings is 1. The van der Waals surface area contributed by atoms with E-state index in [1.54, 1.807) is 4.90 Å². The molecule has 0 bridgehead atoms. The van der Waals surface area contributed by atoms with E-state index in [-0.39, 0.29) is 11.9 Å². The fraction of sp³-hybridized carbons (Fsp3) is 0.588. The van der Waals surface area contributed by atoms with Gasteiger partial charge in [0.25, 0.3) is 0 Å². The van der Waals surface area contributed by atoms with Gasteiger partial charge in [0.1, 0.15) is 0 Å². The quantitative estimate of drug-likeness (QED) is 0.883. The topological polar surface area (TPSA) is 55.8 Å². The van der Waals surface area contributed by atoms with E-state index in [1.165, 1.54) is 0 Å². The number of carbonyl (C=O) groups is 1. The molecule has 2 atom stereocenters. The zero-order valence-corrected chi connectivity index (χ0v) is 14.2. The number of β-amino-alcohol motifs (C(OH)–C–C–N with tert-alkyl or cyclic N) is 1. The summed E-state index contributed by atoms with van der Waals surface area (Å²) in [4.78, 5) is 16.2. The van der Waals surface area contributed by atoms with E-state index >= 15 is 0 Å². The second kappa shape index (κ2) is 6.57. The molecule has 0 saturated carbocycles. The smallest absolute Gasteiger partial charge is 0.321 e. The van der Waals surface area contributed by atoms with Crippen molar-refractivity contribution >= 4 is 17.4 Å². The molecule has 122 valence electrons. The van der Waals surface area contributed by atoms with Crippen LogP contribution >= 0.6 is 0 Å². The lowest BCUT2D eigenvalue weighted by atomic mass is 9.96. The third-order valence-electron chi connectivity index (χ3n) is 4.47. The van der Waals surface area contributed by atoms with E-state index in [0.717, 1.165) is 28.9 Å². The predicted molar refractivity (Wildman–Crippen MR) is 90.6 cm³/mol. The van der Waals surface area contributed by atoms with E-state index in [1.807, 2.05) is 39.8 Å². The van der Waals surface area contributed by atoms with Crippen molar-refractivity contribution in [3.63, 3.8) is 0 Å². The summed E-state index contributed by atoms with van der Waals surface area (Å²) in [5.41, 5.74) is 4.07. The highest BCUT2D eigenvalue weighted by Gasteiger charge is 2.27. The highest BCUT2D eigenvalue weighted by Crippen LogP contribution is 2.27. The van der Waals surface area contributed by atoms with Crippen molar-refractivity contribution in [3.05, 3.63) is 23.3 Å². The molecule has 5 heteroatoms. The number of likely N-dealkylation sites (tertiary alicyclic amines) is 1. The van der Waals surface area contributed by atoms with Crippen molar-refractivity contribution < 1.29 is 9.90 Å². The molecule has 1 saturated heterocycles. The SMILES string of the molecule is Cc1cc(N(C)C)cc(C)c1NC(=O)N1CCC(C)C(O)C1. The maximum Gasteiger partial charge on any atom is 0.321 e. The van der Waals surface area contributed by atoms with Crippen molar-refractivity contribution in [2.24, 2.45) is 5.92 Å². The Hall–Kier alpha value is -1.75. The lowest BCUT2D eigenvalue weighted by molar-refractivity contribution is 0.0463. The van der Waals surface area contributed by atoms with Gasteiger partial charge in [0.05, 0.1) is 6.10 Å². The van der Waals surface area contributed by atoms with Crippen molar-refractivity contribution in [2.45, 2.75) is 33.3 Å². The zero-order chi connectivity index (χ0) is 16.4. The van der Waals surface area contributed by atoms with E-state index in [4.69, 9.17) is 0 Å². The summed E-state index contributed by atoms with van der Waals surface area (Å²) >= 11 is 0. The van der Waals surface area contributed by atoms with Crippen LogP contribution in [0.1, 0.15) is 24.5 Å².